The predicted octanol–water partition coefficient (Wildman–Crippen LogP) is 1.19. The van der Waals surface area contributed by atoms with Gasteiger partial charge in [-0.15, -0.1) is 5.10 Å². The van der Waals surface area contributed by atoms with Gasteiger partial charge < -0.3 is 19.4 Å². The molecule has 0 unspecified atom stereocenters. The van der Waals surface area contributed by atoms with Crippen LogP contribution in [0.3, 0.4) is 0 Å². The Morgan fingerprint density at radius 3 is 3.10 bits per heavy atom. The molecular weight excluding hydrogens is 402 g/mol. The van der Waals surface area contributed by atoms with Crippen LogP contribution in [-0.2, 0) is 11.3 Å². The Hall–Kier alpha value is -3.47. The van der Waals surface area contributed by atoms with Crippen molar-refractivity contribution in [2.45, 2.75) is 19.4 Å². The molecule has 31 heavy (non-hydrogen) atoms. The Bertz CT molecular complexity index is 1010. The third-order valence-electron chi connectivity index (χ3n) is 5.20. The van der Waals surface area contributed by atoms with E-state index in [-0.39, 0.29) is 23.4 Å². The maximum Gasteiger partial charge on any atom is 0.274 e. The lowest BCUT2D eigenvalue weighted by Crippen LogP contribution is -2.41. The van der Waals surface area contributed by atoms with E-state index in [1.54, 1.807) is 36.4 Å². The summed E-state index contributed by atoms with van der Waals surface area (Å²) >= 11 is 0. The van der Waals surface area contributed by atoms with Crippen LogP contribution in [0.15, 0.2) is 35.1 Å². The molecule has 1 aliphatic rings. The number of nitrogens with one attached hydrogen (secondary N) is 2. The van der Waals surface area contributed by atoms with Crippen LogP contribution in [0.2, 0.25) is 0 Å². The molecule has 4 heterocycles. The summed E-state index contributed by atoms with van der Waals surface area (Å²) in [5, 5.41) is 17.7. The van der Waals surface area contributed by atoms with Gasteiger partial charge in [-0.2, -0.15) is 5.10 Å². The number of H-pyrrole nitrogens is 1. The highest BCUT2D eigenvalue weighted by Crippen LogP contribution is 2.22. The highest BCUT2D eigenvalue weighted by atomic mass is 16.5. The van der Waals surface area contributed by atoms with Gasteiger partial charge in [0.2, 0.25) is 0 Å². The van der Waals surface area contributed by atoms with E-state index in [0.29, 0.717) is 49.9 Å². The number of piperidine rings is 1. The Morgan fingerprint density at radius 1 is 1.39 bits per heavy atom. The monoisotopic (exact) mass is 427 g/mol. The summed E-state index contributed by atoms with van der Waals surface area (Å²) in [6, 6.07) is 5.30. The molecule has 0 radical (unpaired) electrons. The number of aromatic nitrogens is 5. The molecule has 0 bridgehead atoms. The summed E-state index contributed by atoms with van der Waals surface area (Å²) in [4.78, 5) is 26.8. The molecule has 11 heteroatoms. The number of rotatable bonds is 8. The number of methoxy groups -OCH3 is 1. The second kappa shape index (κ2) is 9.56. The first-order valence-electron chi connectivity index (χ1n) is 10.2. The van der Waals surface area contributed by atoms with E-state index in [2.05, 4.69) is 25.8 Å². The van der Waals surface area contributed by atoms with Crippen LogP contribution in [-0.4, -0.2) is 75.3 Å². The van der Waals surface area contributed by atoms with Gasteiger partial charge >= 0.3 is 0 Å². The van der Waals surface area contributed by atoms with Crippen molar-refractivity contribution in [2.24, 2.45) is 5.92 Å². The third-order valence-corrected chi connectivity index (χ3v) is 5.20. The Kier molecular flexibility index (Phi) is 6.41. The van der Waals surface area contributed by atoms with E-state index in [4.69, 9.17) is 9.15 Å². The number of nitrogens with zero attached hydrogens (tertiary/aromatic N) is 5. The summed E-state index contributed by atoms with van der Waals surface area (Å²) < 4.78 is 11.9. The molecule has 1 atom stereocenters. The number of carbonyl (C=O) groups is 2. The smallest absolute Gasteiger partial charge is 0.274 e. The molecule has 0 spiro atoms. The Balaban J connectivity index is 1.34. The molecule has 1 saturated heterocycles. The van der Waals surface area contributed by atoms with Crippen molar-refractivity contribution in [3.63, 3.8) is 0 Å². The Morgan fingerprint density at radius 2 is 2.29 bits per heavy atom. The van der Waals surface area contributed by atoms with Crippen LogP contribution < -0.4 is 5.32 Å². The molecule has 1 aliphatic heterocycles. The zero-order valence-electron chi connectivity index (χ0n) is 17.3. The molecule has 0 aromatic carbocycles. The number of likely N-dealkylation sites (tertiary alicyclic amines) is 1. The first-order valence-corrected chi connectivity index (χ1v) is 10.2. The van der Waals surface area contributed by atoms with Gasteiger partial charge in [-0.1, -0.05) is 5.21 Å². The normalized spacial score (nSPS) is 16.4. The number of hydrogen-bond acceptors (Lipinski definition) is 7. The molecule has 3 aromatic rings. The zero-order valence-corrected chi connectivity index (χ0v) is 17.3. The van der Waals surface area contributed by atoms with Crippen molar-refractivity contribution in [3.05, 3.63) is 42.0 Å². The molecule has 0 saturated carbocycles. The van der Waals surface area contributed by atoms with Crippen LogP contribution >= 0.6 is 0 Å². The first kappa shape index (κ1) is 20.8. The van der Waals surface area contributed by atoms with E-state index >= 15 is 0 Å². The standard InChI is InChI=1S/C20H25N7O4/c1-30-9-6-21-19(28)17-13-27(25-24-17)12-14-4-2-7-26(11-14)20(29)16-10-15(22-23-16)18-5-3-8-31-18/h3,5,8,10,13-14H,2,4,6-7,9,11-12H2,1H3,(H,21,28)(H,22,23)/t14-/m1/s1. The molecule has 4 rings (SSSR count). The fourth-order valence-electron chi connectivity index (χ4n) is 3.66. The quantitative estimate of drug-likeness (QED) is 0.516. The van der Waals surface area contributed by atoms with Crippen LogP contribution in [0.5, 0.6) is 0 Å². The molecule has 164 valence electrons. The summed E-state index contributed by atoms with van der Waals surface area (Å²) in [6.07, 6.45) is 5.07. The minimum absolute atomic E-state index is 0.115. The summed E-state index contributed by atoms with van der Waals surface area (Å²) in [6.45, 7) is 2.71. The molecular formula is C20H25N7O4. The van der Waals surface area contributed by atoms with Crippen LogP contribution in [0.1, 0.15) is 33.8 Å². The highest BCUT2D eigenvalue weighted by Gasteiger charge is 2.27. The number of aromatic amines is 1. The first-order chi connectivity index (χ1) is 15.1. The second-order valence-electron chi connectivity index (χ2n) is 7.48. The van der Waals surface area contributed by atoms with Crippen molar-refractivity contribution in [2.75, 3.05) is 33.4 Å². The minimum atomic E-state index is -0.283. The van der Waals surface area contributed by atoms with E-state index in [1.165, 1.54) is 0 Å². The zero-order chi connectivity index (χ0) is 21.6. The number of ether oxygens (including phenoxy) is 1. The average molecular weight is 427 g/mol. The summed E-state index contributed by atoms with van der Waals surface area (Å²) in [5.41, 5.74) is 1.30. The lowest BCUT2D eigenvalue weighted by molar-refractivity contribution is 0.0653. The van der Waals surface area contributed by atoms with Gasteiger partial charge in [0.05, 0.1) is 19.1 Å². The van der Waals surface area contributed by atoms with Gasteiger partial charge in [0.25, 0.3) is 11.8 Å². The number of furan rings is 1. The van der Waals surface area contributed by atoms with E-state index in [0.717, 1.165) is 12.8 Å². The maximum atomic E-state index is 12.9. The van der Waals surface area contributed by atoms with Crippen molar-refractivity contribution in [1.82, 2.24) is 35.4 Å². The van der Waals surface area contributed by atoms with E-state index in [9.17, 15) is 9.59 Å². The fourth-order valence-corrected chi connectivity index (χ4v) is 3.66. The average Bonchev–Trinajstić information content (AvgIpc) is 3.54. The van der Waals surface area contributed by atoms with Gasteiger partial charge in [0, 0.05) is 39.4 Å². The number of hydrogen-bond donors (Lipinski definition) is 2. The van der Waals surface area contributed by atoms with Gasteiger partial charge in [-0.3, -0.25) is 19.4 Å². The molecule has 1 fully saturated rings. The predicted molar refractivity (Wildman–Crippen MR) is 109 cm³/mol. The number of carbonyl (C=O) groups excluding carboxylic acids is 2. The van der Waals surface area contributed by atoms with E-state index in [1.807, 2.05) is 11.0 Å². The van der Waals surface area contributed by atoms with E-state index < -0.39 is 0 Å². The maximum absolute atomic E-state index is 12.9. The summed E-state index contributed by atoms with van der Waals surface area (Å²) in [5.74, 6) is 0.453. The molecule has 2 N–H and O–H groups in total. The van der Waals surface area contributed by atoms with Crippen molar-refractivity contribution < 1.29 is 18.7 Å². The topological polar surface area (TPSA) is 131 Å². The molecule has 3 aromatic heterocycles. The lowest BCUT2D eigenvalue weighted by atomic mass is 9.98. The Labute approximate surface area is 178 Å². The molecule has 0 aliphatic carbocycles. The van der Waals surface area contributed by atoms with Crippen molar-refractivity contribution in [1.29, 1.82) is 0 Å². The fraction of sp³-hybridized carbons (Fsp3) is 0.450. The second-order valence-corrected chi connectivity index (χ2v) is 7.48. The van der Waals surface area contributed by atoms with Crippen molar-refractivity contribution >= 4 is 11.8 Å². The third kappa shape index (κ3) is 5.00. The largest absolute Gasteiger partial charge is 0.463 e. The minimum Gasteiger partial charge on any atom is -0.463 e. The van der Waals surface area contributed by atoms with Crippen molar-refractivity contribution in [3.8, 4) is 11.5 Å². The van der Waals surface area contributed by atoms with Crippen LogP contribution in [0.25, 0.3) is 11.5 Å². The van der Waals surface area contributed by atoms with Gasteiger partial charge in [-0.05, 0) is 30.9 Å². The van der Waals surface area contributed by atoms with Gasteiger partial charge in [0.15, 0.2) is 17.1 Å². The van der Waals surface area contributed by atoms with Crippen LogP contribution in [0.4, 0.5) is 0 Å². The highest BCUT2D eigenvalue weighted by molar-refractivity contribution is 5.93. The molecule has 2 amide bonds. The van der Waals surface area contributed by atoms with Gasteiger partial charge in [0.1, 0.15) is 5.69 Å². The SMILES string of the molecule is COCCNC(=O)c1cn(C[C@@H]2CCCN(C(=O)c3cc(-c4ccco4)[nH]n3)C2)nn1. The van der Waals surface area contributed by atoms with Crippen LogP contribution in [0, 0.1) is 5.92 Å². The molecule has 11 nitrogen and oxygen atoms in total. The van der Waals surface area contributed by atoms with Gasteiger partial charge in [-0.25, -0.2) is 0 Å². The lowest BCUT2D eigenvalue weighted by Gasteiger charge is -2.32. The number of amides is 2. The summed E-state index contributed by atoms with van der Waals surface area (Å²) in [7, 11) is 1.57.